The highest BCUT2D eigenvalue weighted by molar-refractivity contribution is 9.10. The van der Waals surface area contributed by atoms with Crippen molar-refractivity contribution in [3.05, 3.63) is 11.1 Å². The van der Waals surface area contributed by atoms with Crippen molar-refractivity contribution in [1.29, 1.82) is 0 Å². The van der Waals surface area contributed by atoms with Crippen molar-refractivity contribution < 1.29 is 9.90 Å². The fourth-order valence-electron chi connectivity index (χ4n) is 0.602. The molecule has 0 aromatic carbocycles. The van der Waals surface area contributed by atoms with Crippen molar-refractivity contribution in [1.82, 2.24) is 14.8 Å². The van der Waals surface area contributed by atoms with Crippen LogP contribution in [0, 0.1) is 0 Å². The number of aromatic nitrogens is 3. The van der Waals surface area contributed by atoms with E-state index in [1.807, 2.05) is 0 Å². The molecule has 0 aliphatic heterocycles. The Morgan fingerprint density at radius 1 is 1.82 bits per heavy atom. The topological polar surface area (TPSA) is 68.0 Å². The fraction of sp³-hybridized carbons (Fsp3) is 0.400. The molecule has 0 saturated heterocycles. The lowest BCUT2D eigenvalue weighted by Crippen LogP contribution is -2.05. The van der Waals surface area contributed by atoms with Crippen molar-refractivity contribution in [3.63, 3.8) is 0 Å². The zero-order valence-electron chi connectivity index (χ0n) is 5.57. The number of aryl methyl sites for hydroxylation is 1. The summed E-state index contributed by atoms with van der Waals surface area (Å²) in [5.41, 5.74) is 0. The highest BCUT2D eigenvalue weighted by Gasteiger charge is 2.01. The first kappa shape index (κ1) is 8.19. The van der Waals surface area contributed by atoms with Gasteiger partial charge in [0, 0.05) is 0 Å². The van der Waals surface area contributed by atoms with E-state index in [1.54, 1.807) is 0 Å². The molecule has 60 valence electrons. The molecule has 1 aromatic heterocycles. The quantitative estimate of drug-likeness (QED) is 0.805. The predicted molar refractivity (Wildman–Crippen MR) is 40.0 cm³/mol. The van der Waals surface area contributed by atoms with Crippen molar-refractivity contribution in [2.75, 3.05) is 0 Å². The molecule has 5 nitrogen and oxygen atoms in total. The molecule has 0 unspecified atom stereocenters. The minimum atomic E-state index is -0.840. The largest absolute Gasteiger partial charge is 0.481 e. The van der Waals surface area contributed by atoms with Gasteiger partial charge in [0.25, 0.3) is 0 Å². The lowest BCUT2D eigenvalue weighted by Gasteiger charge is -1.96. The molecule has 0 radical (unpaired) electrons. The molecule has 6 heteroatoms. The molecule has 0 aliphatic carbocycles. The van der Waals surface area contributed by atoms with Crippen LogP contribution < -0.4 is 0 Å². The molecule has 1 rings (SSSR count). The van der Waals surface area contributed by atoms with Crippen LogP contribution in [-0.2, 0) is 11.3 Å². The fourth-order valence-corrected chi connectivity index (χ4v) is 0.962. The van der Waals surface area contributed by atoms with Crippen LogP contribution in [0.15, 0.2) is 11.1 Å². The first-order valence-electron chi connectivity index (χ1n) is 2.95. The second-order valence-electron chi connectivity index (χ2n) is 1.90. The minimum Gasteiger partial charge on any atom is -0.481 e. The summed E-state index contributed by atoms with van der Waals surface area (Å²) in [4.78, 5) is 13.9. The number of carbonyl (C=O) groups is 1. The van der Waals surface area contributed by atoms with Gasteiger partial charge in [0.1, 0.15) is 6.33 Å². The van der Waals surface area contributed by atoms with Crippen LogP contribution >= 0.6 is 15.9 Å². The van der Waals surface area contributed by atoms with Crippen LogP contribution in [0.25, 0.3) is 0 Å². The molecule has 11 heavy (non-hydrogen) atoms. The van der Waals surface area contributed by atoms with Gasteiger partial charge in [-0.2, -0.15) is 5.10 Å². The standard InChI is InChI=1S/C5H6BrN3O2/c6-5-7-3-8-9(5)2-1-4(10)11/h3H,1-2H2,(H,10,11). The first-order chi connectivity index (χ1) is 5.20. The average molecular weight is 220 g/mol. The maximum absolute atomic E-state index is 10.1. The van der Waals surface area contributed by atoms with Gasteiger partial charge in [-0.05, 0) is 15.9 Å². The van der Waals surface area contributed by atoms with Crippen LogP contribution in [0.3, 0.4) is 0 Å². The van der Waals surface area contributed by atoms with E-state index < -0.39 is 5.97 Å². The number of hydrogen-bond acceptors (Lipinski definition) is 3. The van der Waals surface area contributed by atoms with E-state index in [-0.39, 0.29) is 6.42 Å². The zero-order chi connectivity index (χ0) is 8.27. The van der Waals surface area contributed by atoms with E-state index in [9.17, 15) is 4.79 Å². The van der Waals surface area contributed by atoms with E-state index in [4.69, 9.17) is 5.11 Å². The third-order valence-electron chi connectivity index (χ3n) is 1.11. The summed E-state index contributed by atoms with van der Waals surface area (Å²) < 4.78 is 2.03. The van der Waals surface area contributed by atoms with E-state index >= 15 is 0 Å². The van der Waals surface area contributed by atoms with Crippen LogP contribution in [-0.4, -0.2) is 25.8 Å². The highest BCUT2D eigenvalue weighted by Crippen LogP contribution is 2.03. The van der Waals surface area contributed by atoms with Crippen molar-refractivity contribution in [2.24, 2.45) is 0 Å². The molecule has 0 atom stereocenters. The van der Waals surface area contributed by atoms with Crippen LogP contribution in [0.5, 0.6) is 0 Å². The molecule has 0 bridgehead atoms. The SMILES string of the molecule is O=C(O)CCn1ncnc1Br. The van der Waals surface area contributed by atoms with Gasteiger partial charge in [-0.25, -0.2) is 9.67 Å². The van der Waals surface area contributed by atoms with Gasteiger partial charge in [-0.15, -0.1) is 0 Å². The van der Waals surface area contributed by atoms with Gasteiger partial charge in [0.15, 0.2) is 4.73 Å². The van der Waals surface area contributed by atoms with Gasteiger partial charge >= 0.3 is 5.97 Å². The number of aliphatic carboxylic acids is 1. The first-order valence-corrected chi connectivity index (χ1v) is 3.74. The molecule has 0 amide bonds. The Bertz CT molecular complexity index is 260. The predicted octanol–water partition coefficient (Wildman–Crippen LogP) is 0.515. The Morgan fingerprint density at radius 3 is 3.00 bits per heavy atom. The second kappa shape index (κ2) is 3.47. The molecular weight excluding hydrogens is 214 g/mol. The average Bonchev–Trinajstić information content (AvgIpc) is 2.31. The molecule has 1 N–H and O–H groups in total. The van der Waals surface area contributed by atoms with E-state index in [0.717, 1.165) is 0 Å². The van der Waals surface area contributed by atoms with Gasteiger partial charge in [-0.3, -0.25) is 4.79 Å². The van der Waals surface area contributed by atoms with Crippen molar-refractivity contribution in [2.45, 2.75) is 13.0 Å². The third kappa shape index (κ3) is 2.30. The lowest BCUT2D eigenvalue weighted by atomic mass is 10.4. The summed E-state index contributed by atoms with van der Waals surface area (Å²) in [5, 5.41) is 12.1. The minimum absolute atomic E-state index is 0.0575. The van der Waals surface area contributed by atoms with E-state index in [2.05, 4.69) is 26.0 Å². The number of nitrogens with zero attached hydrogens (tertiary/aromatic N) is 3. The van der Waals surface area contributed by atoms with E-state index in [1.165, 1.54) is 11.0 Å². The van der Waals surface area contributed by atoms with Gasteiger partial charge in [0.2, 0.25) is 0 Å². The Balaban J connectivity index is 2.51. The Labute approximate surface area is 71.2 Å². The molecular formula is C5H6BrN3O2. The maximum Gasteiger partial charge on any atom is 0.305 e. The maximum atomic E-state index is 10.1. The summed E-state index contributed by atoms with van der Waals surface area (Å²) in [6.45, 7) is 0.343. The normalized spacial score (nSPS) is 9.91. The summed E-state index contributed by atoms with van der Waals surface area (Å²) in [6.07, 6.45) is 1.42. The number of hydrogen-bond donors (Lipinski definition) is 1. The number of halogens is 1. The number of rotatable bonds is 3. The summed E-state index contributed by atoms with van der Waals surface area (Å²) in [6, 6.07) is 0. The van der Waals surface area contributed by atoms with Crippen molar-refractivity contribution >= 4 is 21.9 Å². The van der Waals surface area contributed by atoms with Crippen LogP contribution in [0.1, 0.15) is 6.42 Å². The monoisotopic (exact) mass is 219 g/mol. The van der Waals surface area contributed by atoms with E-state index in [0.29, 0.717) is 11.3 Å². The van der Waals surface area contributed by atoms with Crippen LogP contribution in [0.4, 0.5) is 0 Å². The summed E-state index contributed by atoms with van der Waals surface area (Å²) in [5.74, 6) is -0.840. The Hall–Kier alpha value is -0.910. The second-order valence-corrected chi connectivity index (χ2v) is 2.61. The van der Waals surface area contributed by atoms with Crippen LogP contribution in [0.2, 0.25) is 0 Å². The molecule has 0 aliphatic rings. The molecule has 0 spiro atoms. The summed E-state index contributed by atoms with van der Waals surface area (Å²) in [7, 11) is 0. The molecule has 0 saturated carbocycles. The highest BCUT2D eigenvalue weighted by atomic mass is 79.9. The number of carboxylic acids is 1. The number of carboxylic acid groups (broad SMARTS) is 1. The summed E-state index contributed by atoms with van der Waals surface area (Å²) >= 11 is 3.11. The van der Waals surface area contributed by atoms with Crippen molar-refractivity contribution in [3.8, 4) is 0 Å². The Morgan fingerprint density at radius 2 is 2.55 bits per heavy atom. The smallest absolute Gasteiger partial charge is 0.305 e. The molecule has 0 fully saturated rings. The van der Waals surface area contributed by atoms with Gasteiger partial charge in [0.05, 0.1) is 13.0 Å². The Kier molecular flexibility index (Phi) is 2.58. The third-order valence-corrected chi connectivity index (χ3v) is 1.72. The zero-order valence-corrected chi connectivity index (χ0v) is 7.15. The lowest BCUT2D eigenvalue weighted by molar-refractivity contribution is -0.137. The van der Waals surface area contributed by atoms with Gasteiger partial charge < -0.3 is 5.11 Å². The molecule has 1 aromatic rings. The van der Waals surface area contributed by atoms with Gasteiger partial charge in [-0.1, -0.05) is 0 Å². The molecule has 1 heterocycles.